The summed E-state index contributed by atoms with van der Waals surface area (Å²) in [6, 6.07) is 21.6. The lowest BCUT2D eigenvalue weighted by atomic mass is 10.2. The number of hydrazone groups is 1. The monoisotopic (exact) mass is 598 g/mol. The molecule has 1 aromatic heterocycles. The minimum Gasteiger partial charge on any atom is -0.494 e. The Morgan fingerprint density at radius 2 is 1.73 bits per heavy atom. The van der Waals surface area contributed by atoms with E-state index in [-0.39, 0.29) is 4.90 Å². The van der Waals surface area contributed by atoms with Gasteiger partial charge in [0, 0.05) is 22.0 Å². The van der Waals surface area contributed by atoms with Crippen LogP contribution in [0.4, 0.5) is 5.69 Å². The molecule has 1 amide bonds. The molecule has 0 atom stereocenters. The summed E-state index contributed by atoms with van der Waals surface area (Å²) in [5.74, 6) is -0.0194. The number of sulfonamides is 1. The van der Waals surface area contributed by atoms with E-state index < -0.39 is 22.5 Å². The van der Waals surface area contributed by atoms with Crippen LogP contribution in [0.15, 0.2) is 88.9 Å². The Morgan fingerprint density at radius 1 is 1.02 bits per heavy atom. The van der Waals surface area contributed by atoms with Crippen LogP contribution in [0.3, 0.4) is 0 Å². The normalized spacial score (nSPS) is 11.5. The van der Waals surface area contributed by atoms with Crippen LogP contribution in [0.25, 0.3) is 5.69 Å². The van der Waals surface area contributed by atoms with E-state index in [1.165, 1.54) is 18.3 Å². The highest BCUT2D eigenvalue weighted by Crippen LogP contribution is 2.29. The quantitative estimate of drug-likeness (QED) is 0.175. The standard InChI is InChI=1S/C29H28Cl2N4O4S/c1-4-39-25-13-11-24(12-14-25)34(40(37,38)26-8-6-5-7-9-26)19-29(36)33-32-18-22-16-20(2)35(21(22)3)28-15-10-23(30)17-27(28)31/h5-18H,4,19H2,1-3H3,(H,33,36)/b32-18-. The molecule has 3 aromatic carbocycles. The molecule has 0 fully saturated rings. The summed E-state index contributed by atoms with van der Waals surface area (Å²) in [5.41, 5.74) is 6.04. The molecule has 0 radical (unpaired) electrons. The lowest BCUT2D eigenvalue weighted by Crippen LogP contribution is -2.39. The van der Waals surface area contributed by atoms with Crippen molar-refractivity contribution >= 4 is 51.0 Å². The van der Waals surface area contributed by atoms with Crippen molar-refractivity contribution in [2.75, 3.05) is 17.5 Å². The molecular formula is C29H28Cl2N4O4S. The second-order valence-electron chi connectivity index (χ2n) is 8.80. The van der Waals surface area contributed by atoms with Gasteiger partial charge in [-0.25, -0.2) is 13.8 Å². The van der Waals surface area contributed by atoms with Crippen LogP contribution in [-0.2, 0) is 14.8 Å². The third-order valence-electron chi connectivity index (χ3n) is 6.07. The Balaban J connectivity index is 1.55. The number of nitrogens with zero attached hydrogens (tertiary/aromatic N) is 3. The van der Waals surface area contributed by atoms with E-state index in [0.717, 1.165) is 26.9 Å². The molecule has 0 unspecified atom stereocenters. The van der Waals surface area contributed by atoms with Gasteiger partial charge in [-0.1, -0.05) is 41.4 Å². The van der Waals surface area contributed by atoms with Gasteiger partial charge in [0.25, 0.3) is 15.9 Å². The first-order chi connectivity index (χ1) is 19.1. The van der Waals surface area contributed by atoms with Crippen molar-refractivity contribution in [3.8, 4) is 11.4 Å². The van der Waals surface area contributed by atoms with E-state index in [4.69, 9.17) is 27.9 Å². The first-order valence-corrected chi connectivity index (χ1v) is 14.6. The highest BCUT2D eigenvalue weighted by molar-refractivity contribution is 7.92. The van der Waals surface area contributed by atoms with Gasteiger partial charge in [-0.15, -0.1) is 0 Å². The molecular weight excluding hydrogens is 571 g/mol. The highest BCUT2D eigenvalue weighted by atomic mass is 35.5. The molecule has 40 heavy (non-hydrogen) atoms. The summed E-state index contributed by atoms with van der Waals surface area (Å²) in [6.45, 7) is 5.68. The van der Waals surface area contributed by atoms with E-state index in [9.17, 15) is 13.2 Å². The van der Waals surface area contributed by atoms with Crippen molar-refractivity contribution in [2.45, 2.75) is 25.7 Å². The molecule has 11 heteroatoms. The molecule has 4 rings (SSSR count). The number of nitrogens with one attached hydrogen (secondary N) is 1. The molecule has 0 saturated heterocycles. The van der Waals surface area contributed by atoms with Crippen LogP contribution in [0.2, 0.25) is 10.0 Å². The fourth-order valence-corrected chi connectivity index (χ4v) is 6.14. The molecule has 0 bridgehead atoms. The van der Waals surface area contributed by atoms with E-state index in [2.05, 4.69) is 10.5 Å². The highest BCUT2D eigenvalue weighted by Gasteiger charge is 2.27. The summed E-state index contributed by atoms with van der Waals surface area (Å²) >= 11 is 12.5. The maximum Gasteiger partial charge on any atom is 0.264 e. The Morgan fingerprint density at radius 3 is 2.38 bits per heavy atom. The van der Waals surface area contributed by atoms with E-state index in [0.29, 0.717) is 28.1 Å². The number of halogens is 2. The van der Waals surface area contributed by atoms with E-state index >= 15 is 0 Å². The predicted octanol–water partition coefficient (Wildman–Crippen LogP) is 6.15. The van der Waals surface area contributed by atoms with Gasteiger partial charge in [-0.2, -0.15) is 5.10 Å². The van der Waals surface area contributed by atoms with Gasteiger partial charge in [0.2, 0.25) is 0 Å². The zero-order valence-electron chi connectivity index (χ0n) is 22.1. The topological polar surface area (TPSA) is 93.0 Å². The van der Waals surface area contributed by atoms with E-state index in [1.807, 2.05) is 37.5 Å². The number of anilines is 1. The number of benzene rings is 3. The molecule has 0 aliphatic rings. The van der Waals surface area contributed by atoms with Crippen LogP contribution in [0.1, 0.15) is 23.9 Å². The molecule has 4 aromatic rings. The molecule has 208 valence electrons. The first-order valence-electron chi connectivity index (χ1n) is 12.4. The zero-order chi connectivity index (χ0) is 28.9. The van der Waals surface area contributed by atoms with Crippen LogP contribution in [0, 0.1) is 13.8 Å². The minimum absolute atomic E-state index is 0.0634. The number of carbonyl (C=O) groups is 1. The fourth-order valence-electron chi connectivity index (χ4n) is 4.20. The van der Waals surface area contributed by atoms with Gasteiger partial charge in [-0.05, 0) is 81.4 Å². The maximum absolute atomic E-state index is 13.5. The van der Waals surface area contributed by atoms with Crippen molar-refractivity contribution in [2.24, 2.45) is 5.10 Å². The van der Waals surface area contributed by atoms with Gasteiger partial charge in [-0.3, -0.25) is 9.10 Å². The third-order valence-corrected chi connectivity index (χ3v) is 8.39. The van der Waals surface area contributed by atoms with Crippen molar-refractivity contribution in [3.05, 3.63) is 106 Å². The summed E-state index contributed by atoms with van der Waals surface area (Å²) in [6.07, 6.45) is 1.51. The molecule has 1 heterocycles. The van der Waals surface area contributed by atoms with Gasteiger partial charge in [0.05, 0.1) is 34.1 Å². The van der Waals surface area contributed by atoms with Gasteiger partial charge in [0.15, 0.2) is 0 Å². The molecule has 1 N–H and O–H groups in total. The van der Waals surface area contributed by atoms with E-state index in [1.54, 1.807) is 54.6 Å². The Kier molecular flexibility index (Phi) is 9.19. The first kappa shape index (κ1) is 29.2. The number of aromatic nitrogens is 1. The van der Waals surface area contributed by atoms with Gasteiger partial charge >= 0.3 is 0 Å². The van der Waals surface area contributed by atoms with Crippen LogP contribution < -0.4 is 14.5 Å². The smallest absolute Gasteiger partial charge is 0.264 e. The number of hydrogen-bond donors (Lipinski definition) is 1. The summed E-state index contributed by atoms with van der Waals surface area (Å²) in [7, 11) is -4.04. The minimum atomic E-state index is -4.04. The molecule has 0 spiro atoms. The maximum atomic E-state index is 13.5. The van der Waals surface area contributed by atoms with Crippen molar-refractivity contribution in [1.82, 2.24) is 9.99 Å². The zero-order valence-corrected chi connectivity index (χ0v) is 24.5. The SMILES string of the molecule is CCOc1ccc(N(CC(=O)N/N=C\c2cc(C)n(-c3ccc(Cl)cc3Cl)c2C)S(=O)(=O)c2ccccc2)cc1. The molecule has 8 nitrogen and oxygen atoms in total. The number of aryl methyl sites for hydroxylation is 1. The summed E-state index contributed by atoms with van der Waals surface area (Å²) in [5, 5.41) is 5.13. The number of hydrogen-bond acceptors (Lipinski definition) is 5. The van der Waals surface area contributed by atoms with Crippen LogP contribution in [-0.4, -0.2) is 38.3 Å². The second-order valence-corrected chi connectivity index (χ2v) is 11.5. The fraction of sp³-hybridized carbons (Fsp3) is 0.172. The molecule has 0 aliphatic heterocycles. The van der Waals surface area contributed by atoms with Gasteiger partial charge in [0.1, 0.15) is 12.3 Å². The largest absolute Gasteiger partial charge is 0.494 e. The third kappa shape index (κ3) is 6.50. The average molecular weight is 600 g/mol. The van der Waals surface area contributed by atoms with Crippen LogP contribution >= 0.6 is 23.2 Å². The average Bonchev–Trinajstić information content (AvgIpc) is 3.21. The number of ether oxygens (including phenoxy) is 1. The van der Waals surface area contributed by atoms with Gasteiger partial charge < -0.3 is 9.30 Å². The molecule has 0 aliphatic carbocycles. The lowest BCUT2D eigenvalue weighted by Gasteiger charge is -2.24. The summed E-state index contributed by atoms with van der Waals surface area (Å²) < 4.78 is 35.5. The molecule has 0 saturated carbocycles. The predicted molar refractivity (Wildman–Crippen MR) is 160 cm³/mol. The number of amides is 1. The Labute approximate surface area is 243 Å². The van der Waals surface area contributed by atoms with Crippen molar-refractivity contribution in [3.63, 3.8) is 0 Å². The Hall–Kier alpha value is -3.79. The lowest BCUT2D eigenvalue weighted by molar-refractivity contribution is -0.119. The van der Waals surface area contributed by atoms with Crippen LogP contribution in [0.5, 0.6) is 5.75 Å². The van der Waals surface area contributed by atoms with Crippen molar-refractivity contribution in [1.29, 1.82) is 0 Å². The van der Waals surface area contributed by atoms with Crippen molar-refractivity contribution < 1.29 is 17.9 Å². The number of carbonyl (C=O) groups excluding carboxylic acids is 1. The Bertz CT molecular complexity index is 1640. The summed E-state index contributed by atoms with van der Waals surface area (Å²) in [4.78, 5) is 13.0. The number of rotatable bonds is 10. The second kappa shape index (κ2) is 12.6.